The van der Waals surface area contributed by atoms with Crippen LogP contribution in [0.1, 0.15) is 27.7 Å². The number of nitrogens with one attached hydrogen (secondary N) is 2. The molecule has 0 aromatic heterocycles. The number of carbonyl (C=O) groups excluding carboxylic acids is 2. The first-order valence-corrected chi connectivity index (χ1v) is 4.72. The molecule has 0 spiro atoms. The summed E-state index contributed by atoms with van der Waals surface area (Å²) < 4.78 is 0. The maximum absolute atomic E-state index is 11.4. The fourth-order valence-corrected chi connectivity index (χ4v) is 0.764. The Balaban J connectivity index is 3.97. The zero-order valence-electron chi connectivity index (χ0n) is 9.18. The summed E-state index contributed by atoms with van der Waals surface area (Å²) in [5.41, 5.74) is -0.0255. The molecule has 0 heterocycles. The molecule has 1 atom stereocenters. The number of carbonyl (C=O) groups is 2. The van der Waals surface area contributed by atoms with E-state index in [1.807, 2.05) is 20.8 Å². The molecule has 1 unspecified atom stereocenters. The molecule has 1 amide bonds. The second-order valence-electron chi connectivity index (χ2n) is 3.80. The Morgan fingerprint density at radius 1 is 1.29 bits per heavy atom. The summed E-state index contributed by atoms with van der Waals surface area (Å²) in [6.07, 6.45) is 0. The van der Waals surface area contributed by atoms with Crippen LogP contribution >= 0.6 is 0 Å². The van der Waals surface area contributed by atoms with Crippen LogP contribution in [0.5, 0.6) is 0 Å². The molecule has 0 rings (SSSR count). The first-order chi connectivity index (χ1) is 6.36. The molecule has 0 bridgehead atoms. The van der Waals surface area contributed by atoms with Gasteiger partial charge in [-0.25, -0.2) is 0 Å². The van der Waals surface area contributed by atoms with E-state index in [1.165, 1.54) is 6.92 Å². The van der Waals surface area contributed by atoms with E-state index in [1.54, 1.807) is 0 Å². The minimum atomic E-state index is -0.339. The van der Waals surface area contributed by atoms with E-state index in [0.29, 0.717) is 0 Å². The molecule has 14 heavy (non-hydrogen) atoms. The monoisotopic (exact) mass is 198 g/mol. The van der Waals surface area contributed by atoms with Crippen molar-refractivity contribution in [2.75, 3.05) is 6.54 Å². The van der Waals surface area contributed by atoms with Crippen LogP contribution in [-0.4, -0.2) is 23.9 Å². The quantitative estimate of drug-likeness (QED) is 0.647. The molecule has 0 aliphatic carbocycles. The van der Waals surface area contributed by atoms with E-state index < -0.39 is 0 Å². The molecule has 4 nitrogen and oxygen atoms in total. The van der Waals surface area contributed by atoms with Gasteiger partial charge >= 0.3 is 0 Å². The van der Waals surface area contributed by atoms with Gasteiger partial charge in [-0.2, -0.15) is 0 Å². The van der Waals surface area contributed by atoms with Crippen molar-refractivity contribution in [2.45, 2.75) is 27.7 Å². The minimum Gasteiger partial charge on any atom is -0.348 e. The summed E-state index contributed by atoms with van der Waals surface area (Å²) in [5.74, 6) is -0.316. The van der Waals surface area contributed by atoms with E-state index in [0.717, 1.165) is 0 Å². The van der Waals surface area contributed by atoms with Crippen molar-refractivity contribution in [3.8, 4) is 0 Å². The van der Waals surface area contributed by atoms with Gasteiger partial charge in [0.2, 0.25) is 5.91 Å². The molecule has 80 valence electrons. The fourth-order valence-electron chi connectivity index (χ4n) is 0.764. The maximum Gasteiger partial charge on any atom is 0.223 e. The van der Waals surface area contributed by atoms with Crippen LogP contribution in [0.2, 0.25) is 0 Å². The lowest BCUT2D eigenvalue weighted by Gasteiger charge is -2.14. The molecular formula is C10H18N2O2. The summed E-state index contributed by atoms with van der Waals surface area (Å²) in [6.45, 7) is 7.08. The molecule has 0 radical (unpaired) electrons. The van der Waals surface area contributed by atoms with Crippen molar-refractivity contribution in [3.63, 3.8) is 0 Å². The first-order valence-electron chi connectivity index (χ1n) is 4.72. The predicted molar refractivity (Wildman–Crippen MR) is 55.4 cm³/mol. The van der Waals surface area contributed by atoms with E-state index in [4.69, 9.17) is 5.41 Å². The van der Waals surface area contributed by atoms with Gasteiger partial charge in [0.15, 0.2) is 5.78 Å². The Kier molecular flexibility index (Phi) is 5.05. The van der Waals surface area contributed by atoms with Crippen LogP contribution in [-0.2, 0) is 9.59 Å². The van der Waals surface area contributed by atoms with Crippen LogP contribution in [0.25, 0.3) is 0 Å². The normalized spacial score (nSPS) is 12.4. The fraction of sp³-hybridized carbons (Fsp3) is 0.700. The highest BCUT2D eigenvalue weighted by molar-refractivity contribution is 6.38. The number of hydrogen-bond acceptors (Lipinski definition) is 3. The van der Waals surface area contributed by atoms with Gasteiger partial charge in [-0.1, -0.05) is 20.8 Å². The van der Waals surface area contributed by atoms with Crippen molar-refractivity contribution in [2.24, 2.45) is 11.8 Å². The lowest BCUT2D eigenvalue weighted by molar-refractivity contribution is -0.127. The van der Waals surface area contributed by atoms with Crippen molar-refractivity contribution in [1.82, 2.24) is 5.32 Å². The lowest BCUT2D eigenvalue weighted by Crippen LogP contribution is -2.37. The standard InChI is InChI=1S/C10H18N2O2/c1-6(2)7(3)10(14)12-5-9(13)8(4)11/h6-7,11H,5H2,1-4H3,(H,12,14). The number of ketones is 1. The van der Waals surface area contributed by atoms with Gasteiger partial charge in [0.1, 0.15) is 0 Å². The van der Waals surface area contributed by atoms with Gasteiger partial charge in [-0.15, -0.1) is 0 Å². The van der Waals surface area contributed by atoms with Crippen LogP contribution in [0.4, 0.5) is 0 Å². The number of rotatable bonds is 5. The first kappa shape index (κ1) is 12.8. The van der Waals surface area contributed by atoms with Gasteiger partial charge in [0, 0.05) is 5.92 Å². The van der Waals surface area contributed by atoms with Gasteiger partial charge in [-0.05, 0) is 12.8 Å². The van der Waals surface area contributed by atoms with Crippen molar-refractivity contribution < 1.29 is 9.59 Å². The molecule has 0 aromatic carbocycles. The number of amides is 1. The van der Waals surface area contributed by atoms with Crippen LogP contribution in [0, 0.1) is 17.2 Å². The second-order valence-corrected chi connectivity index (χ2v) is 3.80. The predicted octanol–water partition coefficient (Wildman–Crippen LogP) is 1.00. The number of hydrogen-bond donors (Lipinski definition) is 2. The average molecular weight is 198 g/mol. The lowest BCUT2D eigenvalue weighted by atomic mass is 9.97. The molecule has 0 fully saturated rings. The summed E-state index contributed by atoms with van der Waals surface area (Å²) >= 11 is 0. The Hall–Kier alpha value is -1.19. The Bertz CT molecular complexity index is 247. The average Bonchev–Trinajstić information content (AvgIpc) is 2.11. The zero-order chi connectivity index (χ0) is 11.3. The maximum atomic E-state index is 11.4. The molecule has 2 N–H and O–H groups in total. The SMILES string of the molecule is CC(=N)C(=O)CNC(=O)C(C)C(C)C. The third-order valence-corrected chi connectivity index (χ3v) is 2.25. The molecule has 4 heteroatoms. The van der Waals surface area contributed by atoms with Crippen LogP contribution in [0.3, 0.4) is 0 Å². The third-order valence-electron chi connectivity index (χ3n) is 2.25. The van der Waals surface area contributed by atoms with E-state index in [9.17, 15) is 9.59 Å². The Labute approximate surface area is 84.6 Å². The second kappa shape index (κ2) is 5.52. The molecule has 0 aliphatic rings. The van der Waals surface area contributed by atoms with E-state index in [-0.39, 0.29) is 35.8 Å². The number of Topliss-reactive ketones (excluding diaryl/α,β-unsaturated/α-hetero) is 1. The topological polar surface area (TPSA) is 70.0 Å². The highest BCUT2D eigenvalue weighted by atomic mass is 16.2. The third kappa shape index (κ3) is 4.16. The van der Waals surface area contributed by atoms with Crippen molar-refractivity contribution in [1.29, 1.82) is 5.41 Å². The molecule has 0 aliphatic heterocycles. The van der Waals surface area contributed by atoms with Gasteiger partial charge < -0.3 is 10.7 Å². The van der Waals surface area contributed by atoms with Crippen molar-refractivity contribution >= 4 is 17.4 Å². The summed E-state index contributed by atoms with van der Waals surface area (Å²) in [7, 11) is 0. The molecular weight excluding hydrogens is 180 g/mol. The summed E-state index contributed by atoms with van der Waals surface area (Å²) in [6, 6.07) is 0. The Morgan fingerprint density at radius 3 is 2.14 bits per heavy atom. The van der Waals surface area contributed by atoms with Crippen LogP contribution in [0.15, 0.2) is 0 Å². The van der Waals surface area contributed by atoms with E-state index in [2.05, 4.69) is 5.32 Å². The van der Waals surface area contributed by atoms with E-state index >= 15 is 0 Å². The van der Waals surface area contributed by atoms with Crippen molar-refractivity contribution in [3.05, 3.63) is 0 Å². The Morgan fingerprint density at radius 2 is 1.79 bits per heavy atom. The molecule has 0 saturated carbocycles. The van der Waals surface area contributed by atoms with Gasteiger partial charge in [-0.3, -0.25) is 9.59 Å². The molecule has 0 saturated heterocycles. The highest BCUT2D eigenvalue weighted by Gasteiger charge is 2.17. The minimum absolute atomic E-state index is 0.0255. The summed E-state index contributed by atoms with van der Waals surface area (Å²) in [4.78, 5) is 22.4. The van der Waals surface area contributed by atoms with Gasteiger partial charge in [0.25, 0.3) is 0 Å². The summed E-state index contributed by atoms with van der Waals surface area (Å²) in [5, 5.41) is 9.55. The molecule has 0 aromatic rings. The van der Waals surface area contributed by atoms with Crippen LogP contribution < -0.4 is 5.32 Å². The largest absolute Gasteiger partial charge is 0.348 e. The zero-order valence-corrected chi connectivity index (χ0v) is 9.18. The smallest absolute Gasteiger partial charge is 0.223 e. The highest BCUT2D eigenvalue weighted by Crippen LogP contribution is 2.08. The van der Waals surface area contributed by atoms with Gasteiger partial charge in [0.05, 0.1) is 12.3 Å².